The van der Waals surface area contributed by atoms with E-state index < -0.39 is 11.2 Å². The summed E-state index contributed by atoms with van der Waals surface area (Å²) in [6, 6.07) is 0. The highest BCUT2D eigenvalue weighted by molar-refractivity contribution is 6.67. The minimum absolute atomic E-state index is 0.265. The Morgan fingerprint density at radius 1 is 1.64 bits per heavy atom. The van der Waals surface area contributed by atoms with Crippen LogP contribution in [0.2, 0.25) is 0 Å². The van der Waals surface area contributed by atoms with Gasteiger partial charge >= 0.3 is 5.97 Å². The highest BCUT2D eigenvalue weighted by Crippen LogP contribution is 2.05. The minimum atomic E-state index is -1.26. The van der Waals surface area contributed by atoms with Crippen molar-refractivity contribution >= 4 is 22.8 Å². The van der Waals surface area contributed by atoms with Gasteiger partial charge in [0.2, 0.25) is 0 Å². The Kier molecular flexibility index (Phi) is 1.91. The zero-order chi connectivity index (χ0) is 8.43. The van der Waals surface area contributed by atoms with Crippen LogP contribution in [0.1, 0.15) is 21.0 Å². The maximum Gasteiger partial charge on any atom is 0.354 e. The molecule has 1 aromatic heterocycles. The Bertz CT molecular complexity index is 278. The second-order valence-corrected chi connectivity index (χ2v) is 2.05. The van der Waals surface area contributed by atoms with Crippen LogP contribution in [0.5, 0.6) is 0 Å². The fourth-order valence-electron chi connectivity index (χ4n) is 0.606. The number of nitrogens with one attached hydrogen (secondary N) is 1. The Morgan fingerprint density at radius 3 is 2.64 bits per heavy atom. The molecule has 0 atom stereocenters. The Morgan fingerprint density at radius 2 is 2.27 bits per heavy atom. The molecule has 0 unspecified atom stereocenters. The fourth-order valence-corrected chi connectivity index (χ4v) is 0.750. The number of H-pyrrole nitrogens is 1. The first kappa shape index (κ1) is 7.74. The molecule has 0 amide bonds. The molecule has 0 radical (unpaired) electrons. The normalized spacial score (nSPS) is 9.55. The van der Waals surface area contributed by atoms with Gasteiger partial charge in [-0.3, -0.25) is 4.79 Å². The van der Waals surface area contributed by atoms with Crippen molar-refractivity contribution in [1.82, 2.24) is 9.97 Å². The maximum atomic E-state index is 10.5. The van der Waals surface area contributed by atoms with Crippen molar-refractivity contribution in [2.45, 2.75) is 0 Å². The van der Waals surface area contributed by atoms with Gasteiger partial charge in [-0.25, -0.2) is 9.78 Å². The molecule has 1 rings (SSSR count). The largest absolute Gasteiger partial charge is 0.477 e. The van der Waals surface area contributed by atoms with Gasteiger partial charge in [-0.2, -0.15) is 0 Å². The minimum Gasteiger partial charge on any atom is -0.477 e. The number of hydrogen-bond acceptors (Lipinski definition) is 3. The predicted molar refractivity (Wildman–Crippen MR) is 35.7 cm³/mol. The molecular formula is C5H3ClN2O3. The SMILES string of the molecule is O=C(Cl)c1nc[nH]c1C(=O)O. The fraction of sp³-hybridized carbons (Fsp3) is 0. The average molecular weight is 175 g/mol. The molecule has 0 aliphatic rings. The third kappa shape index (κ3) is 1.38. The maximum absolute atomic E-state index is 10.5. The van der Waals surface area contributed by atoms with Crippen molar-refractivity contribution in [2.24, 2.45) is 0 Å². The van der Waals surface area contributed by atoms with Crippen LogP contribution in [0, 0.1) is 0 Å². The van der Waals surface area contributed by atoms with Gasteiger partial charge in [-0.1, -0.05) is 0 Å². The number of halogens is 1. The van der Waals surface area contributed by atoms with E-state index in [0.717, 1.165) is 6.33 Å². The molecule has 0 aliphatic heterocycles. The predicted octanol–water partition coefficient (Wildman–Crippen LogP) is 0.487. The second-order valence-electron chi connectivity index (χ2n) is 1.71. The Balaban J connectivity index is 3.16. The molecule has 5 nitrogen and oxygen atoms in total. The average Bonchev–Trinajstić information content (AvgIpc) is 2.32. The first-order valence-corrected chi connectivity index (χ1v) is 2.97. The summed E-state index contributed by atoms with van der Waals surface area (Å²) in [4.78, 5) is 26.4. The standard InChI is InChI=1S/C5H3ClN2O3/c6-4(9)2-3(5(10)11)8-1-7-2/h1H,(H,7,8)(H,10,11). The summed E-state index contributed by atoms with van der Waals surface area (Å²) in [5.74, 6) is -1.26. The van der Waals surface area contributed by atoms with E-state index in [1.807, 2.05) is 0 Å². The molecular weight excluding hydrogens is 172 g/mol. The van der Waals surface area contributed by atoms with E-state index in [0.29, 0.717) is 0 Å². The smallest absolute Gasteiger partial charge is 0.354 e. The van der Waals surface area contributed by atoms with Gasteiger partial charge in [-0.15, -0.1) is 0 Å². The highest BCUT2D eigenvalue weighted by Gasteiger charge is 2.17. The molecule has 0 spiro atoms. The van der Waals surface area contributed by atoms with Gasteiger partial charge < -0.3 is 10.1 Å². The van der Waals surface area contributed by atoms with Crippen LogP contribution in [0.3, 0.4) is 0 Å². The zero-order valence-corrected chi connectivity index (χ0v) is 5.92. The van der Waals surface area contributed by atoms with Crippen molar-refractivity contribution in [3.8, 4) is 0 Å². The van der Waals surface area contributed by atoms with E-state index in [1.54, 1.807) is 0 Å². The number of carboxylic acid groups (broad SMARTS) is 1. The number of aromatic nitrogens is 2. The zero-order valence-electron chi connectivity index (χ0n) is 5.17. The molecule has 0 saturated carbocycles. The molecule has 1 heterocycles. The number of carboxylic acids is 1. The summed E-state index contributed by atoms with van der Waals surface area (Å²) < 4.78 is 0. The van der Waals surface area contributed by atoms with Gasteiger partial charge in [0.25, 0.3) is 5.24 Å². The summed E-state index contributed by atoms with van der Waals surface area (Å²) in [5, 5.41) is 7.54. The number of carbonyl (C=O) groups excluding carboxylic acids is 1. The molecule has 0 bridgehead atoms. The number of imidazole rings is 1. The van der Waals surface area contributed by atoms with E-state index in [-0.39, 0.29) is 11.4 Å². The molecule has 2 N–H and O–H groups in total. The molecule has 1 aromatic rings. The topological polar surface area (TPSA) is 83.0 Å². The van der Waals surface area contributed by atoms with Crippen molar-refractivity contribution in [3.05, 3.63) is 17.7 Å². The second kappa shape index (κ2) is 2.71. The van der Waals surface area contributed by atoms with Crippen LogP contribution in [-0.2, 0) is 0 Å². The highest BCUT2D eigenvalue weighted by atomic mass is 35.5. The summed E-state index contributed by atoms with van der Waals surface area (Å²) in [6.45, 7) is 0. The number of hydrogen-bond donors (Lipinski definition) is 2. The number of aromatic amines is 1. The Hall–Kier alpha value is -1.36. The summed E-state index contributed by atoms with van der Waals surface area (Å²) in [5.41, 5.74) is -0.552. The summed E-state index contributed by atoms with van der Waals surface area (Å²) >= 11 is 5.01. The van der Waals surface area contributed by atoms with Crippen molar-refractivity contribution < 1.29 is 14.7 Å². The van der Waals surface area contributed by atoms with E-state index in [1.165, 1.54) is 0 Å². The molecule has 0 saturated heterocycles. The Labute approximate surface area is 66.0 Å². The molecule has 0 aliphatic carbocycles. The summed E-state index contributed by atoms with van der Waals surface area (Å²) in [7, 11) is 0. The first-order valence-electron chi connectivity index (χ1n) is 2.59. The quantitative estimate of drug-likeness (QED) is 0.639. The number of carbonyl (C=O) groups is 2. The van der Waals surface area contributed by atoms with Crippen LogP contribution >= 0.6 is 11.6 Å². The van der Waals surface area contributed by atoms with Crippen molar-refractivity contribution in [1.29, 1.82) is 0 Å². The number of nitrogens with zero attached hydrogens (tertiary/aromatic N) is 1. The van der Waals surface area contributed by atoms with Crippen molar-refractivity contribution in [3.63, 3.8) is 0 Å². The van der Waals surface area contributed by atoms with Crippen LogP contribution in [0.4, 0.5) is 0 Å². The molecule has 11 heavy (non-hydrogen) atoms. The number of aromatic carboxylic acids is 1. The van der Waals surface area contributed by atoms with Crippen molar-refractivity contribution in [2.75, 3.05) is 0 Å². The third-order valence-electron chi connectivity index (χ3n) is 1.04. The summed E-state index contributed by atoms with van der Waals surface area (Å²) in [6.07, 6.45) is 1.10. The molecule has 0 aromatic carbocycles. The number of rotatable bonds is 2. The van der Waals surface area contributed by atoms with Crippen LogP contribution < -0.4 is 0 Å². The van der Waals surface area contributed by atoms with E-state index >= 15 is 0 Å². The lowest BCUT2D eigenvalue weighted by Crippen LogP contribution is -2.03. The van der Waals surface area contributed by atoms with Gasteiger partial charge in [0.1, 0.15) is 0 Å². The van der Waals surface area contributed by atoms with Crippen LogP contribution in [0.15, 0.2) is 6.33 Å². The third-order valence-corrected chi connectivity index (χ3v) is 1.22. The monoisotopic (exact) mass is 174 g/mol. The lowest BCUT2D eigenvalue weighted by molar-refractivity contribution is 0.0687. The van der Waals surface area contributed by atoms with E-state index in [9.17, 15) is 9.59 Å². The lowest BCUT2D eigenvalue weighted by atomic mass is 10.3. The van der Waals surface area contributed by atoms with Gasteiger partial charge in [-0.05, 0) is 11.6 Å². The first-order chi connectivity index (χ1) is 5.13. The van der Waals surface area contributed by atoms with Crippen LogP contribution in [0.25, 0.3) is 0 Å². The molecule has 58 valence electrons. The van der Waals surface area contributed by atoms with Gasteiger partial charge in [0.05, 0.1) is 6.33 Å². The van der Waals surface area contributed by atoms with Gasteiger partial charge in [0, 0.05) is 0 Å². The lowest BCUT2D eigenvalue weighted by Gasteiger charge is -1.88. The van der Waals surface area contributed by atoms with E-state index in [4.69, 9.17) is 16.7 Å². The van der Waals surface area contributed by atoms with Crippen LogP contribution in [-0.4, -0.2) is 26.3 Å². The van der Waals surface area contributed by atoms with Gasteiger partial charge in [0.15, 0.2) is 11.4 Å². The van der Waals surface area contributed by atoms with E-state index in [2.05, 4.69) is 9.97 Å². The molecule has 6 heteroatoms. The molecule has 0 fully saturated rings.